The number of aromatic nitrogens is 2. The summed E-state index contributed by atoms with van der Waals surface area (Å²) in [6.07, 6.45) is 1.38. The van der Waals surface area contributed by atoms with Gasteiger partial charge in [0, 0.05) is 31.0 Å². The molecule has 2 aromatic rings. The van der Waals surface area contributed by atoms with E-state index in [-0.39, 0.29) is 17.9 Å². The Balaban J connectivity index is 1.84. The predicted octanol–water partition coefficient (Wildman–Crippen LogP) is 2.11. The number of anilines is 2. The number of benzene rings is 1. The summed E-state index contributed by atoms with van der Waals surface area (Å²) < 4.78 is 16.4. The van der Waals surface area contributed by atoms with E-state index in [1.165, 1.54) is 6.33 Å². The molecule has 0 unspecified atom stereocenters. The standard InChI is InChI=1S/C20H27N5O3/c1-13-10-27-7-6-25(13)19-9-18(23-12-24-19)20(22)16-8-15(4-5-17(16)21)28-14(2)11-26-3/h4-5,8-9,12-14,22H,6-7,10-11,21H2,1-3H3/t13-,14-/m0/s1. The molecule has 1 aliphatic rings. The van der Waals surface area contributed by atoms with E-state index in [1.807, 2.05) is 13.0 Å². The van der Waals surface area contributed by atoms with E-state index in [1.54, 1.807) is 25.3 Å². The molecule has 0 bridgehead atoms. The quantitative estimate of drug-likeness (QED) is 0.555. The van der Waals surface area contributed by atoms with Crippen molar-refractivity contribution in [1.29, 1.82) is 5.41 Å². The third-order valence-electron chi connectivity index (χ3n) is 4.60. The van der Waals surface area contributed by atoms with Crippen LogP contribution < -0.4 is 15.4 Å². The molecule has 1 aromatic carbocycles. The van der Waals surface area contributed by atoms with E-state index >= 15 is 0 Å². The topological polar surface area (TPSA) is 107 Å². The largest absolute Gasteiger partial charge is 0.488 e. The molecule has 1 aromatic heterocycles. The Bertz CT molecular complexity index is 829. The average Bonchev–Trinajstić information content (AvgIpc) is 2.69. The number of morpholine rings is 1. The zero-order valence-corrected chi connectivity index (χ0v) is 16.5. The Morgan fingerprint density at radius 3 is 2.96 bits per heavy atom. The van der Waals surface area contributed by atoms with Gasteiger partial charge in [-0.3, -0.25) is 5.41 Å². The monoisotopic (exact) mass is 385 g/mol. The molecule has 0 spiro atoms. The molecule has 8 nitrogen and oxygen atoms in total. The fourth-order valence-corrected chi connectivity index (χ4v) is 3.17. The summed E-state index contributed by atoms with van der Waals surface area (Å²) in [5.74, 6) is 1.42. The van der Waals surface area contributed by atoms with Crippen LogP contribution in [-0.2, 0) is 9.47 Å². The Labute approximate surface area is 165 Å². The lowest BCUT2D eigenvalue weighted by atomic mass is 10.0. The minimum atomic E-state index is -0.107. The van der Waals surface area contributed by atoms with E-state index in [9.17, 15) is 0 Å². The first-order valence-corrected chi connectivity index (χ1v) is 9.30. The van der Waals surface area contributed by atoms with Crippen LogP contribution >= 0.6 is 0 Å². The number of hydrogen-bond donors (Lipinski definition) is 2. The summed E-state index contributed by atoms with van der Waals surface area (Å²) >= 11 is 0. The van der Waals surface area contributed by atoms with Gasteiger partial charge in [-0.15, -0.1) is 0 Å². The third kappa shape index (κ3) is 4.58. The van der Waals surface area contributed by atoms with E-state index < -0.39 is 0 Å². The van der Waals surface area contributed by atoms with Crippen LogP contribution in [0.1, 0.15) is 25.1 Å². The Kier molecular flexibility index (Phi) is 6.43. The molecule has 1 fully saturated rings. The van der Waals surface area contributed by atoms with Crippen LogP contribution in [0.15, 0.2) is 30.6 Å². The normalized spacial score (nSPS) is 18.0. The lowest BCUT2D eigenvalue weighted by molar-refractivity contribution is 0.0921. The number of nitrogen functional groups attached to an aromatic ring is 1. The van der Waals surface area contributed by atoms with Crippen molar-refractivity contribution in [3.8, 4) is 5.75 Å². The van der Waals surface area contributed by atoms with E-state index in [4.69, 9.17) is 25.4 Å². The summed E-state index contributed by atoms with van der Waals surface area (Å²) in [7, 11) is 1.63. The van der Waals surface area contributed by atoms with Gasteiger partial charge in [-0.1, -0.05) is 0 Å². The van der Waals surface area contributed by atoms with Crippen molar-refractivity contribution in [2.75, 3.05) is 44.1 Å². The highest BCUT2D eigenvalue weighted by atomic mass is 16.5. The maximum Gasteiger partial charge on any atom is 0.133 e. The van der Waals surface area contributed by atoms with Crippen molar-refractivity contribution in [2.24, 2.45) is 0 Å². The molecule has 0 radical (unpaired) electrons. The first kappa shape index (κ1) is 20.0. The lowest BCUT2D eigenvalue weighted by Gasteiger charge is -2.34. The molecule has 1 aliphatic heterocycles. The fourth-order valence-electron chi connectivity index (χ4n) is 3.17. The van der Waals surface area contributed by atoms with Crippen LogP contribution in [0, 0.1) is 5.41 Å². The number of ether oxygens (including phenoxy) is 3. The van der Waals surface area contributed by atoms with E-state index in [2.05, 4.69) is 21.8 Å². The number of nitrogens with one attached hydrogen (secondary N) is 1. The van der Waals surface area contributed by atoms with Crippen molar-refractivity contribution in [1.82, 2.24) is 9.97 Å². The molecule has 3 N–H and O–H groups in total. The SMILES string of the molecule is COC[C@H](C)Oc1ccc(N)c(C(=N)c2cc(N3CCOC[C@@H]3C)ncn2)c1. The van der Waals surface area contributed by atoms with Crippen LogP contribution in [-0.4, -0.2) is 61.3 Å². The van der Waals surface area contributed by atoms with Gasteiger partial charge in [0.15, 0.2) is 0 Å². The first-order chi connectivity index (χ1) is 13.5. The highest BCUT2D eigenvalue weighted by Crippen LogP contribution is 2.24. The number of nitrogens with zero attached hydrogens (tertiary/aromatic N) is 3. The van der Waals surface area contributed by atoms with Crippen molar-refractivity contribution >= 4 is 17.2 Å². The number of hydrogen-bond acceptors (Lipinski definition) is 8. The van der Waals surface area contributed by atoms with E-state index in [0.29, 0.717) is 42.5 Å². The van der Waals surface area contributed by atoms with Crippen LogP contribution in [0.2, 0.25) is 0 Å². The molecule has 1 saturated heterocycles. The van der Waals surface area contributed by atoms with Gasteiger partial charge in [0.05, 0.1) is 37.3 Å². The Hall–Kier alpha value is -2.71. The number of rotatable bonds is 7. The molecular weight excluding hydrogens is 358 g/mol. The maximum absolute atomic E-state index is 8.64. The second-order valence-corrected chi connectivity index (χ2v) is 6.89. The molecule has 3 rings (SSSR count). The molecule has 0 aliphatic carbocycles. The lowest BCUT2D eigenvalue weighted by Crippen LogP contribution is -2.44. The highest BCUT2D eigenvalue weighted by molar-refractivity contribution is 6.13. The van der Waals surface area contributed by atoms with Gasteiger partial charge in [0.1, 0.15) is 24.0 Å². The molecular formula is C20H27N5O3. The van der Waals surface area contributed by atoms with Crippen LogP contribution in [0.4, 0.5) is 11.5 Å². The highest BCUT2D eigenvalue weighted by Gasteiger charge is 2.21. The minimum absolute atomic E-state index is 0.107. The second kappa shape index (κ2) is 8.99. The van der Waals surface area contributed by atoms with Crippen molar-refractivity contribution < 1.29 is 14.2 Å². The van der Waals surface area contributed by atoms with Crippen molar-refractivity contribution in [2.45, 2.75) is 26.0 Å². The zero-order chi connectivity index (χ0) is 20.1. The summed E-state index contributed by atoms with van der Waals surface area (Å²) in [5, 5.41) is 8.64. The summed E-state index contributed by atoms with van der Waals surface area (Å²) in [6, 6.07) is 7.34. The molecule has 8 heteroatoms. The van der Waals surface area contributed by atoms with Crippen molar-refractivity contribution in [3.05, 3.63) is 41.9 Å². The average molecular weight is 385 g/mol. The first-order valence-electron chi connectivity index (χ1n) is 9.30. The molecule has 0 saturated carbocycles. The van der Waals surface area contributed by atoms with Gasteiger partial charge >= 0.3 is 0 Å². The van der Waals surface area contributed by atoms with Gasteiger partial charge in [-0.2, -0.15) is 0 Å². The fraction of sp³-hybridized carbons (Fsp3) is 0.450. The van der Waals surface area contributed by atoms with Gasteiger partial charge < -0.3 is 24.8 Å². The Morgan fingerprint density at radius 1 is 1.39 bits per heavy atom. The summed E-state index contributed by atoms with van der Waals surface area (Å²) in [4.78, 5) is 10.8. The van der Waals surface area contributed by atoms with Crippen LogP contribution in [0.5, 0.6) is 5.75 Å². The van der Waals surface area contributed by atoms with Crippen LogP contribution in [0.3, 0.4) is 0 Å². The van der Waals surface area contributed by atoms with E-state index in [0.717, 1.165) is 12.4 Å². The van der Waals surface area contributed by atoms with Gasteiger partial charge in [-0.05, 0) is 32.0 Å². The predicted molar refractivity (Wildman–Crippen MR) is 108 cm³/mol. The number of methoxy groups -OCH3 is 1. The third-order valence-corrected chi connectivity index (χ3v) is 4.60. The van der Waals surface area contributed by atoms with Gasteiger partial charge in [-0.25, -0.2) is 9.97 Å². The summed E-state index contributed by atoms with van der Waals surface area (Å²) in [5.41, 5.74) is 7.94. The Morgan fingerprint density at radius 2 is 2.21 bits per heavy atom. The second-order valence-electron chi connectivity index (χ2n) is 6.89. The van der Waals surface area contributed by atoms with Gasteiger partial charge in [0.25, 0.3) is 0 Å². The zero-order valence-electron chi connectivity index (χ0n) is 16.5. The summed E-state index contributed by atoms with van der Waals surface area (Å²) in [6.45, 7) is 6.56. The minimum Gasteiger partial charge on any atom is -0.488 e. The smallest absolute Gasteiger partial charge is 0.133 e. The number of nitrogens with two attached hydrogens (primary N) is 1. The maximum atomic E-state index is 8.64. The molecule has 0 amide bonds. The molecule has 150 valence electrons. The van der Waals surface area contributed by atoms with Crippen LogP contribution in [0.25, 0.3) is 0 Å². The molecule has 28 heavy (non-hydrogen) atoms. The molecule has 2 heterocycles. The van der Waals surface area contributed by atoms with Gasteiger partial charge in [0.2, 0.25) is 0 Å². The van der Waals surface area contributed by atoms with Crippen molar-refractivity contribution in [3.63, 3.8) is 0 Å². The molecule has 2 atom stereocenters.